The van der Waals surface area contributed by atoms with Crippen molar-refractivity contribution in [3.05, 3.63) is 47.5 Å². The van der Waals surface area contributed by atoms with Crippen molar-refractivity contribution in [3.63, 3.8) is 0 Å². The molecule has 0 aliphatic heterocycles. The summed E-state index contributed by atoms with van der Waals surface area (Å²) in [5.41, 5.74) is 2.82. The Bertz CT molecular complexity index is 719. The van der Waals surface area contributed by atoms with Crippen LogP contribution >= 0.6 is 0 Å². The second-order valence-corrected chi connectivity index (χ2v) is 4.51. The average Bonchev–Trinajstić information content (AvgIpc) is 3.14. The molecule has 0 saturated heterocycles. The third kappa shape index (κ3) is 2.91. The number of nitrogens with zero attached hydrogens (tertiary/aromatic N) is 3. The SMILES string of the molecule is CCc1cn[nH]c1CNc1nc(-c2ccc(F)cc2)no1. The Morgan fingerprint density at radius 2 is 2.10 bits per heavy atom. The van der Waals surface area contributed by atoms with Gasteiger partial charge in [-0.15, -0.1) is 0 Å². The monoisotopic (exact) mass is 287 g/mol. The zero-order chi connectivity index (χ0) is 14.7. The van der Waals surface area contributed by atoms with Crippen LogP contribution in [0.2, 0.25) is 0 Å². The third-order valence-electron chi connectivity index (χ3n) is 3.13. The molecule has 108 valence electrons. The van der Waals surface area contributed by atoms with E-state index in [2.05, 4.69) is 32.6 Å². The summed E-state index contributed by atoms with van der Waals surface area (Å²) in [7, 11) is 0. The van der Waals surface area contributed by atoms with E-state index in [1.807, 2.05) is 0 Å². The molecule has 3 rings (SSSR count). The molecule has 0 amide bonds. The van der Waals surface area contributed by atoms with Crippen LogP contribution in [0.5, 0.6) is 0 Å². The van der Waals surface area contributed by atoms with Gasteiger partial charge in [-0.05, 0) is 36.2 Å². The smallest absolute Gasteiger partial charge is 0.322 e. The lowest BCUT2D eigenvalue weighted by atomic mass is 10.2. The molecule has 0 fully saturated rings. The molecule has 0 bridgehead atoms. The zero-order valence-electron chi connectivity index (χ0n) is 11.4. The van der Waals surface area contributed by atoms with Crippen molar-refractivity contribution in [2.45, 2.75) is 19.9 Å². The molecule has 2 N–H and O–H groups in total. The van der Waals surface area contributed by atoms with Gasteiger partial charge in [0, 0.05) is 5.56 Å². The number of aromatic amines is 1. The zero-order valence-corrected chi connectivity index (χ0v) is 11.4. The van der Waals surface area contributed by atoms with Crippen molar-refractivity contribution < 1.29 is 8.91 Å². The van der Waals surface area contributed by atoms with Crippen LogP contribution in [-0.2, 0) is 13.0 Å². The summed E-state index contributed by atoms with van der Waals surface area (Å²) in [6.07, 6.45) is 2.70. The maximum Gasteiger partial charge on any atom is 0.322 e. The minimum absolute atomic E-state index is 0.299. The molecule has 21 heavy (non-hydrogen) atoms. The fraction of sp³-hybridized carbons (Fsp3) is 0.214. The van der Waals surface area contributed by atoms with E-state index < -0.39 is 0 Å². The minimum atomic E-state index is -0.299. The van der Waals surface area contributed by atoms with E-state index in [1.165, 1.54) is 12.1 Å². The number of H-pyrrole nitrogens is 1. The van der Waals surface area contributed by atoms with Gasteiger partial charge in [0.2, 0.25) is 5.82 Å². The molecule has 3 aromatic rings. The minimum Gasteiger partial charge on any atom is -0.332 e. The summed E-state index contributed by atoms with van der Waals surface area (Å²) in [5, 5.41) is 13.8. The maximum absolute atomic E-state index is 12.9. The van der Waals surface area contributed by atoms with Crippen LogP contribution < -0.4 is 5.32 Å². The summed E-state index contributed by atoms with van der Waals surface area (Å²) < 4.78 is 18.0. The van der Waals surface area contributed by atoms with Crippen LogP contribution in [0.15, 0.2) is 35.0 Å². The molecule has 0 radical (unpaired) electrons. The number of anilines is 1. The Balaban J connectivity index is 1.69. The van der Waals surface area contributed by atoms with Gasteiger partial charge in [-0.3, -0.25) is 5.10 Å². The number of benzene rings is 1. The first-order chi connectivity index (χ1) is 10.3. The van der Waals surface area contributed by atoms with E-state index in [0.29, 0.717) is 23.9 Å². The number of nitrogens with one attached hydrogen (secondary N) is 2. The van der Waals surface area contributed by atoms with E-state index >= 15 is 0 Å². The van der Waals surface area contributed by atoms with Gasteiger partial charge >= 0.3 is 6.01 Å². The third-order valence-corrected chi connectivity index (χ3v) is 3.13. The predicted molar refractivity (Wildman–Crippen MR) is 75.0 cm³/mol. The topological polar surface area (TPSA) is 79.6 Å². The van der Waals surface area contributed by atoms with Gasteiger partial charge in [0.25, 0.3) is 0 Å². The maximum atomic E-state index is 12.9. The van der Waals surface area contributed by atoms with E-state index in [1.54, 1.807) is 18.3 Å². The van der Waals surface area contributed by atoms with Crippen LogP contribution in [-0.4, -0.2) is 20.3 Å². The standard InChI is InChI=1S/C14H14FN5O/c1-2-9-7-17-19-12(9)8-16-14-18-13(20-21-14)10-3-5-11(15)6-4-10/h3-7H,2,8H2,1H3,(H,17,19)(H,16,18,20). The Morgan fingerprint density at radius 3 is 2.86 bits per heavy atom. The largest absolute Gasteiger partial charge is 0.332 e. The molecule has 0 aliphatic rings. The number of hydrogen-bond donors (Lipinski definition) is 2. The highest BCUT2D eigenvalue weighted by molar-refractivity contribution is 5.55. The molecular weight excluding hydrogens is 273 g/mol. The second kappa shape index (κ2) is 5.74. The summed E-state index contributed by atoms with van der Waals surface area (Å²) >= 11 is 0. The molecule has 0 aliphatic carbocycles. The van der Waals surface area contributed by atoms with Crippen LogP contribution in [0, 0.1) is 5.82 Å². The molecule has 2 heterocycles. The molecular formula is C14H14FN5O. The second-order valence-electron chi connectivity index (χ2n) is 4.51. The lowest BCUT2D eigenvalue weighted by Gasteiger charge is -2.00. The molecule has 7 heteroatoms. The van der Waals surface area contributed by atoms with Gasteiger partial charge in [0.05, 0.1) is 18.4 Å². The number of aromatic nitrogens is 4. The fourth-order valence-corrected chi connectivity index (χ4v) is 1.97. The van der Waals surface area contributed by atoms with Crippen LogP contribution in [0.1, 0.15) is 18.2 Å². The van der Waals surface area contributed by atoms with Crippen molar-refractivity contribution >= 4 is 6.01 Å². The van der Waals surface area contributed by atoms with Crippen molar-refractivity contribution in [3.8, 4) is 11.4 Å². The normalized spacial score (nSPS) is 10.8. The van der Waals surface area contributed by atoms with E-state index in [4.69, 9.17) is 4.52 Å². The lowest BCUT2D eigenvalue weighted by Crippen LogP contribution is -2.02. The number of hydrogen-bond acceptors (Lipinski definition) is 5. The lowest BCUT2D eigenvalue weighted by molar-refractivity contribution is 0.431. The van der Waals surface area contributed by atoms with Gasteiger partial charge in [-0.1, -0.05) is 12.1 Å². The van der Waals surface area contributed by atoms with Gasteiger partial charge in [0.1, 0.15) is 5.82 Å². The van der Waals surface area contributed by atoms with Crippen molar-refractivity contribution in [2.75, 3.05) is 5.32 Å². The van der Waals surface area contributed by atoms with Gasteiger partial charge in [0.15, 0.2) is 0 Å². The molecule has 1 aromatic carbocycles. The first-order valence-corrected chi connectivity index (χ1v) is 6.61. The first kappa shape index (κ1) is 13.3. The van der Waals surface area contributed by atoms with Crippen molar-refractivity contribution in [2.24, 2.45) is 0 Å². The quantitative estimate of drug-likeness (QED) is 0.754. The Labute approximate surface area is 120 Å². The van der Waals surface area contributed by atoms with Gasteiger partial charge in [-0.2, -0.15) is 10.1 Å². The van der Waals surface area contributed by atoms with Crippen LogP contribution in [0.4, 0.5) is 10.4 Å². The molecule has 0 spiro atoms. The number of aryl methyl sites for hydroxylation is 1. The molecule has 2 aromatic heterocycles. The summed E-state index contributed by atoms with van der Waals surface area (Å²) in [6.45, 7) is 2.59. The highest BCUT2D eigenvalue weighted by Crippen LogP contribution is 2.18. The summed E-state index contributed by atoms with van der Waals surface area (Å²) in [6, 6.07) is 6.24. The van der Waals surface area contributed by atoms with Crippen molar-refractivity contribution in [1.82, 2.24) is 20.3 Å². The number of rotatable bonds is 5. The molecule has 0 atom stereocenters. The highest BCUT2D eigenvalue weighted by Gasteiger charge is 2.09. The van der Waals surface area contributed by atoms with Crippen LogP contribution in [0.25, 0.3) is 11.4 Å². The van der Waals surface area contributed by atoms with Crippen LogP contribution in [0.3, 0.4) is 0 Å². The fourth-order valence-electron chi connectivity index (χ4n) is 1.97. The van der Waals surface area contributed by atoms with Gasteiger partial charge < -0.3 is 9.84 Å². The molecule has 0 unspecified atom stereocenters. The van der Waals surface area contributed by atoms with E-state index in [-0.39, 0.29) is 5.82 Å². The van der Waals surface area contributed by atoms with E-state index in [9.17, 15) is 4.39 Å². The first-order valence-electron chi connectivity index (χ1n) is 6.61. The van der Waals surface area contributed by atoms with E-state index in [0.717, 1.165) is 17.7 Å². The highest BCUT2D eigenvalue weighted by atomic mass is 19.1. The Kier molecular flexibility index (Phi) is 3.63. The van der Waals surface area contributed by atoms with Crippen molar-refractivity contribution in [1.29, 1.82) is 0 Å². The average molecular weight is 287 g/mol. The van der Waals surface area contributed by atoms with Gasteiger partial charge in [-0.25, -0.2) is 4.39 Å². The number of halogens is 1. The Morgan fingerprint density at radius 1 is 1.29 bits per heavy atom. The molecule has 6 nitrogen and oxygen atoms in total. The molecule has 0 saturated carbocycles. The Hall–Kier alpha value is -2.70. The predicted octanol–water partition coefficient (Wildman–Crippen LogP) is 2.77. The summed E-state index contributed by atoms with van der Waals surface area (Å²) in [4.78, 5) is 4.22. The summed E-state index contributed by atoms with van der Waals surface area (Å²) in [5.74, 6) is 0.116.